The highest BCUT2D eigenvalue weighted by atomic mass is 35.5. The third-order valence-corrected chi connectivity index (χ3v) is 3.86. The summed E-state index contributed by atoms with van der Waals surface area (Å²) in [6, 6.07) is 11.9. The van der Waals surface area contributed by atoms with Gasteiger partial charge in [0.2, 0.25) is 0 Å². The summed E-state index contributed by atoms with van der Waals surface area (Å²) in [6.07, 6.45) is 1.78. The van der Waals surface area contributed by atoms with Crippen LogP contribution in [-0.4, -0.2) is 9.78 Å². The van der Waals surface area contributed by atoms with Gasteiger partial charge in [-0.2, -0.15) is 10.4 Å². The molecule has 0 amide bonds. The lowest BCUT2D eigenvalue weighted by atomic mass is 9.97. The number of fused-ring (bicyclic) bond motifs is 1. The van der Waals surface area contributed by atoms with E-state index in [0.29, 0.717) is 10.6 Å². The van der Waals surface area contributed by atoms with Crippen molar-refractivity contribution in [3.8, 4) is 17.3 Å². The van der Waals surface area contributed by atoms with Gasteiger partial charge in [0.15, 0.2) is 0 Å². The molecule has 0 fully saturated rings. The summed E-state index contributed by atoms with van der Waals surface area (Å²) in [7, 11) is 1.86. The van der Waals surface area contributed by atoms with E-state index in [4.69, 9.17) is 11.6 Å². The number of aryl methyl sites for hydroxylation is 2. The summed E-state index contributed by atoms with van der Waals surface area (Å²) in [5.74, 6) is 0. The molecule has 0 saturated heterocycles. The molecular formula is C18H18ClN3. The molecule has 1 heterocycles. The van der Waals surface area contributed by atoms with Gasteiger partial charge < -0.3 is 0 Å². The summed E-state index contributed by atoms with van der Waals surface area (Å²) < 4.78 is 1.76. The molecule has 0 atom stereocenters. The van der Waals surface area contributed by atoms with Gasteiger partial charge in [0.1, 0.15) is 0 Å². The zero-order valence-electron chi connectivity index (χ0n) is 13.2. The van der Waals surface area contributed by atoms with Gasteiger partial charge in [-0.15, -0.1) is 0 Å². The zero-order valence-corrected chi connectivity index (χ0v) is 13.9. The third kappa shape index (κ3) is 2.58. The van der Waals surface area contributed by atoms with E-state index in [1.54, 1.807) is 10.9 Å². The molecule has 3 rings (SSSR count). The Kier molecular flexibility index (Phi) is 4.85. The standard InChI is InChI=1S/C16H12ClN3.C2H6/c1-10-9-19-20(2)16(10)14-12(8-18)7-11-5-3-4-6-13(11)15(14)17;1-2/h3-7,9H,1-2H3;1-2H3. The van der Waals surface area contributed by atoms with Crippen LogP contribution in [0.1, 0.15) is 25.0 Å². The van der Waals surface area contributed by atoms with Crippen LogP contribution in [-0.2, 0) is 7.05 Å². The average molecular weight is 312 g/mol. The van der Waals surface area contributed by atoms with Gasteiger partial charge in [-0.05, 0) is 23.9 Å². The number of hydrogen-bond donors (Lipinski definition) is 0. The molecule has 0 spiro atoms. The van der Waals surface area contributed by atoms with Crippen molar-refractivity contribution in [1.29, 1.82) is 5.26 Å². The first kappa shape index (κ1) is 16.1. The molecule has 0 N–H and O–H groups in total. The van der Waals surface area contributed by atoms with Crippen molar-refractivity contribution in [1.82, 2.24) is 9.78 Å². The number of rotatable bonds is 1. The second-order valence-corrected chi connectivity index (χ2v) is 5.12. The maximum atomic E-state index is 9.44. The van der Waals surface area contributed by atoms with Gasteiger partial charge in [0.05, 0.1) is 28.5 Å². The van der Waals surface area contributed by atoms with Gasteiger partial charge in [0.25, 0.3) is 0 Å². The molecular weight excluding hydrogens is 294 g/mol. The van der Waals surface area contributed by atoms with E-state index in [9.17, 15) is 5.26 Å². The molecule has 0 unspecified atom stereocenters. The SMILES string of the molecule is CC.Cc1cnn(C)c1-c1c(C#N)cc2ccccc2c1Cl. The second kappa shape index (κ2) is 6.64. The molecule has 3 nitrogen and oxygen atoms in total. The van der Waals surface area contributed by atoms with Crippen LogP contribution in [0.5, 0.6) is 0 Å². The Morgan fingerprint density at radius 1 is 1.23 bits per heavy atom. The minimum Gasteiger partial charge on any atom is -0.268 e. The summed E-state index contributed by atoms with van der Waals surface area (Å²) in [5, 5.41) is 16.2. The summed E-state index contributed by atoms with van der Waals surface area (Å²) in [4.78, 5) is 0. The van der Waals surface area contributed by atoms with E-state index in [1.165, 1.54) is 0 Å². The predicted octanol–water partition coefficient (Wildman–Crippen LogP) is 5.10. The van der Waals surface area contributed by atoms with Gasteiger partial charge >= 0.3 is 0 Å². The van der Waals surface area contributed by atoms with Crippen LogP contribution in [0.2, 0.25) is 5.02 Å². The number of benzene rings is 2. The Labute approximate surface area is 135 Å². The highest BCUT2D eigenvalue weighted by Crippen LogP contribution is 2.38. The van der Waals surface area contributed by atoms with Crippen LogP contribution < -0.4 is 0 Å². The minimum absolute atomic E-state index is 0.570. The summed E-state index contributed by atoms with van der Waals surface area (Å²) in [6.45, 7) is 5.97. The normalized spacial score (nSPS) is 10.0. The van der Waals surface area contributed by atoms with Crippen LogP contribution in [0.3, 0.4) is 0 Å². The molecule has 4 heteroatoms. The molecule has 0 bridgehead atoms. The zero-order chi connectivity index (χ0) is 16.3. The highest BCUT2D eigenvalue weighted by Gasteiger charge is 2.18. The average Bonchev–Trinajstić information content (AvgIpc) is 2.88. The summed E-state index contributed by atoms with van der Waals surface area (Å²) >= 11 is 6.57. The van der Waals surface area contributed by atoms with Crippen LogP contribution in [0, 0.1) is 18.3 Å². The molecule has 0 radical (unpaired) electrons. The van der Waals surface area contributed by atoms with E-state index in [2.05, 4.69) is 11.2 Å². The molecule has 0 saturated carbocycles. The van der Waals surface area contributed by atoms with Gasteiger partial charge in [0, 0.05) is 18.0 Å². The Hall–Kier alpha value is -2.31. The number of nitriles is 1. The third-order valence-electron chi connectivity index (χ3n) is 3.46. The minimum atomic E-state index is 0.570. The Balaban J connectivity index is 0.000000847. The largest absolute Gasteiger partial charge is 0.268 e. The number of nitrogens with zero attached hydrogens (tertiary/aromatic N) is 3. The highest BCUT2D eigenvalue weighted by molar-refractivity contribution is 6.38. The first-order chi connectivity index (χ1) is 10.6. The topological polar surface area (TPSA) is 41.6 Å². The first-order valence-corrected chi connectivity index (χ1v) is 7.61. The number of aromatic nitrogens is 2. The van der Waals surface area contributed by atoms with Crippen molar-refractivity contribution in [3.05, 3.63) is 52.7 Å². The van der Waals surface area contributed by atoms with Crippen molar-refractivity contribution in [2.24, 2.45) is 7.05 Å². The van der Waals surface area contributed by atoms with Crippen LogP contribution in [0.25, 0.3) is 22.0 Å². The van der Waals surface area contributed by atoms with Crippen molar-refractivity contribution < 1.29 is 0 Å². The van der Waals surface area contributed by atoms with E-state index in [1.807, 2.05) is 58.2 Å². The van der Waals surface area contributed by atoms with E-state index in [0.717, 1.165) is 27.6 Å². The Bertz CT molecular complexity index is 837. The molecule has 0 aliphatic rings. The Morgan fingerprint density at radius 3 is 2.50 bits per heavy atom. The van der Waals surface area contributed by atoms with Crippen molar-refractivity contribution in [2.75, 3.05) is 0 Å². The fourth-order valence-electron chi connectivity index (χ4n) is 2.53. The molecule has 0 aliphatic heterocycles. The summed E-state index contributed by atoms with van der Waals surface area (Å²) in [5.41, 5.74) is 3.21. The van der Waals surface area contributed by atoms with E-state index >= 15 is 0 Å². The molecule has 3 aromatic rings. The lowest BCUT2D eigenvalue weighted by Gasteiger charge is -2.12. The fraction of sp³-hybridized carbons (Fsp3) is 0.222. The van der Waals surface area contributed by atoms with Crippen molar-refractivity contribution in [2.45, 2.75) is 20.8 Å². The lowest BCUT2D eigenvalue weighted by molar-refractivity contribution is 0.775. The lowest BCUT2D eigenvalue weighted by Crippen LogP contribution is -1.98. The van der Waals surface area contributed by atoms with Gasteiger partial charge in [-0.25, -0.2) is 0 Å². The number of halogens is 1. The van der Waals surface area contributed by atoms with Gasteiger partial charge in [-0.3, -0.25) is 4.68 Å². The smallest absolute Gasteiger partial charge is 0.0999 e. The van der Waals surface area contributed by atoms with Crippen LogP contribution in [0.4, 0.5) is 0 Å². The molecule has 22 heavy (non-hydrogen) atoms. The second-order valence-electron chi connectivity index (χ2n) is 4.75. The predicted molar refractivity (Wildman–Crippen MR) is 92.0 cm³/mol. The van der Waals surface area contributed by atoms with E-state index < -0.39 is 0 Å². The fourth-order valence-corrected chi connectivity index (χ4v) is 2.89. The molecule has 0 aliphatic carbocycles. The molecule has 2 aromatic carbocycles. The maximum Gasteiger partial charge on any atom is 0.0999 e. The maximum absolute atomic E-state index is 9.44. The Morgan fingerprint density at radius 2 is 1.91 bits per heavy atom. The monoisotopic (exact) mass is 311 g/mol. The molecule has 112 valence electrons. The van der Waals surface area contributed by atoms with Crippen molar-refractivity contribution >= 4 is 22.4 Å². The van der Waals surface area contributed by atoms with Crippen LogP contribution >= 0.6 is 11.6 Å². The van der Waals surface area contributed by atoms with Crippen LogP contribution in [0.15, 0.2) is 36.5 Å². The van der Waals surface area contributed by atoms with E-state index in [-0.39, 0.29) is 0 Å². The first-order valence-electron chi connectivity index (χ1n) is 7.23. The van der Waals surface area contributed by atoms with Gasteiger partial charge in [-0.1, -0.05) is 49.7 Å². The van der Waals surface area contributed by atoms with Crippen molar-refractivity contribution in [3.63, 3.8) is 0 Å². The quantitative estimate of drug-likeness (QED) is 0.627. The number of hydrogen-bond acceptors (Lipinski definition) is 2. The molecule has 1 aromatic heterocycles.